The number of hydrogen-bond acceptors (Lipinski definition) is 2. The van der Waals surface area contributed by atoms with E-state index in [0.29, 0.717) is 5.69 Å². The molecule has 18 heavy (non-hydrogen) atoms. The topological polar surface area (TPSA) is 26.0 Å². The Hall–Kier alpha value is -1.07. The van der Waals surface area contributed by atoms with E-state index in [1.807, 2.05) is 13.0 Å². The van der Waals surface area contributed by atoms with Crippen LogP contribution in [0.25, 0.3) is 0 Å². The standard InChI is InChI=1S/C13H10BrF2NS/c1-7-4-12(9(14)6-11(7)17)18-13-5-8(15)2-3-10(13)16/h2-6H,17H2,1H3. The van der Waals surface area contributed by atoms with Crippen molar-refractivity contribution in [2.24, 2.45) is 0 Å². The molecule has 1 nitrogen and oxygen atoms in total. The molecule has 0 saturated heterocycles. The van der Waals surface area contributed by atoms with Gasteiger partial charge in [0.25, 0.3) is 0 Å². The minimum atomic E-state index is -0.456. The quantitative estimate of drug-likeness (QED) is 0.803. The molecule has 0 amide bonds. The van der Waals surface area contributed by atoms with E-state index in [1.165, 1.54) is 6.07 Å². The zero-order valence-electron chi connectivity index (χ0n) is 9.51. The molecule has 2 aromatic rings. The number of halogens is 3. The molecule has 0 bridgehead atoms. The molecule has 0 aliphatic carbocycles. The smallest absolute Gasteiger partial charge is 0.137 e. The molecule has 0 spiro atoms. The van der Waals surface area contributed by atoms with Crippen molar-refractivity contribution < 1.29 is 8.78 Å². The predicted molar refractivity (Wildman–Crippen MR) is 73.8 cm³/mol. The molecule has 0 saturated carbocycles. The van der Waals surface area contributed by atoms with E-state index in [2.05, 4.69) is 15.9 Å². The number of anilines is 1. The number of aryl methyl sites for hydroxylation is 1. The second-order valence-electron chi connectivity index (χ2n) is 3.82. The van der Waals surface area contributed by atoms with Crippen LogP contribution in [0, 0.1) is 18.6 Å². The van der Waals surface area contributed by atoms with Crippen molar-refractivity contribution in [2.45, 2.75) is 16.7 Å². The van der Waals surface area contributed by atoms with Crippen molar-refractivity contribution in [3.8, 4) is 0 Å². The van der Waals surface area contributed by atoms with Crippen molar-refractivity contribution in [3.63, 3.8) is 0 Å². The highest BCUT2D eigenvalue weighted by molar-refractivity contribution is 9.10. The summed E-state index contributed by atoms with van der Waals surface area (Å²) in [4.78, 5) is 1.05. The summed E-state index contributed by atoms with van der Waals surface area (Å²) >= 11 is 4.53. The predicted octanol–water partition coefficient (Wildman–Crippen LogP) is 4.77. The minimum Gasteiger partial charge on any atom is -0.398 e. The Bertz CT molecular complexity index is 602. The number of rotatable bonds is 2. The summed E-state index contributed by atoms with van der Waals surface area (Å²) in [5.41, 5.74) is 7.32. The summed E-state index contributed by atoms with van der Waals surface area (Å²) in [5, 5.41) is 0. The van der Waals surface area contributed by atoms with Gasteiger partial charge in [0.15, 0.2) is 0 Å². The molecule has 0 aliphatic heterocycles. The zero-order chi connectivity index (χ0) is 13.3. The highest BCUT2D eigenvalue weighted by atomic mass is 79.9. The molecule has 0 atom stereocenters. The normalized spacial score (nSPS) is 10.7. The van der Waals surface area contributed by atoms with E-state index in [4.69, 9.17) is 5.73 Å². The first-order chi connectivity index (χ1) is 8.47. The maximum absolute atomic E-state index is 13.5. The van der Waals surface area contributed by atoms with Crippen LogP contribution in [0.5, 0.6) is 0 Å². The third-order valence-corrected chi connectivity index (χ3v) is 4.44. The summed E-state index contributed by atoms with van der Waals surface area (Å²) in [6.45, 7) is 1.87. The first kappa shape index (κ1) is 13.4. The van der Waals surface area contributed by atoms with Crippen LogP contribution in [0.15, 0.2) is 44.6 Å². The summed E-state index contributed by atoms with van der Waals surface area (Å²) in [7, 11) is 0. The third-order valence-electron chi connectivity index (χ3n) is 2.43. The first-order valence-corrected chi connectivity index (χ1v) is 6.77. The Kier molecular flexibility index (Phi) is 3.92. The molecule has 2 aromatic carbocycles. The van der Waals surface area contributed by atoms with Crippen LogP contribution in [-0.4, -0.2) is 0 Å². The Morgan fingerprint density at radius 1 is 1.11 bits per heavy atom. The summed E-state index contributed by atoms with van der Waals surface area (Å²) in [6, 6.07) is 7.00. The lowest BCUT2D eigenvalue weighted by Gasteiger charge is -2.09. The van der Waals surface area contributed by atoms with Gasteiger partial charge in [-0.3, -0.25) is 0 Å². The van der Waals surface area contributed by atoms with Gasteiger partial charge in [-0.2, -0.15) is 0 Å². The second kappa shape index (κ2) is 5.28. The van der Waals surface area contributed by atoms with Gasteiger partial charge in [0.2, 0.25) is 0 Å². The molecule has 2 N–H and O–H groups in total. The van der Waals surface area contributed by atoms with Crippen LogP contribution in [-0.2, 0) is 0 Å². The monoisotopic (exact) mass is 329 g/mol. The van der Waals surface area contributed by atoms with Gasteiger partial charge in [0.05, 0.1) is 4.90 Å². The first-order valence-electron chi connectivity index (χ1n) is 5.16. The minimum absolute atomic E-state index is 0.250. The second-order valence-corrected chi connectivity index (χ2v) is 5.75. The molecule has 5 heteroatoms. The number of nitrogen functional groups attached to an aromatic ring is 1. The zero-order valence-corrected chi connectivity index (χ0v) is 11.9. The molecule has 2 rings (SSSR count). The number of hydrogen-bond donors (Lipinski definition) is 1. The van der Waals surface area contributed by atoms with E-state index in [0.717, 1.165) is 38.8 Å². The van der Waals surface area contributed by atoms with Crippen LogP contribution in [0.2, 0.25) is 0 Å². The van der Waals surface area contributed by atoms with Crippen molar-refractivity contribution in [2.75, 3.05) is 5.73 Å². The average molecular weight is 330 g/mol. The fraction of sp³-hybridized carbons (Fsp3) is 0.0769. The SMILES string of the molecule is Cc1cc(Sc2cc(F)ccc2F)c(Br)cc1N. The summed E-state index contributed by atoms with van der Waals surface area (Å²) in [6.07, 6.45) is 0. The lowest BCUT2D eigenvalue weighted by Crippen LogP contribution is -1.91. The van der Waals surface area contributed by atoms with Gasteiger partial charge in [-0.15, -0.1) is 0 Å². The maximum Gasteiger partial charge on any atom is 0.137 e. The van der Waals surface area contributed by atoms with E-state index in [9.17, 15) is 8.78 Å². The molecule has 94 valence electrons. The largest absolute Gasteiger partial charge is 0.398 e. The molecular weight excluding hydrogens is 320 g/mol. The van der Waals surface area contributed by atoms with Crippen molar-refractivity contribution in [1.82, 2.24) is 0 Å². The van der Waals surface area contributed by atoms with Crippen LogP contribution in [0.4, 0.5) is 14.5 Å². The van der Waals surface area contributed by atoms with Crippen LogP contribution < -0.4 is 5.73 Å². The average Bonchev–Trinajstić information content (AvgIpc) is 2.30. The summed E-state index contributed by atoms with van der Waals surface area (Å²) < 4.78 is 27.4. The Balaban J connectivity index is 2.40. The third kappa shape index (κ3) is 2.84. The fourth-order valence-electron chi connectivity index (χ4n) is 1.42. The molecule has 0 radical (unpaired) electrons. The van der Waals surface area contributed by atoms with Gasteiger partial charge in [0.1, 0.15) is 11.6 Å². The van der Waals surface area contributed by atoms with E-state index in [-0.39, 0.29) is 4.90 Å². The van der Waals surface area contributed by atoms with Crippen molar-refractivity contribution in [1.29, 1.82) is 0 Å². The molecule has 0 aromatic heterocycles. The number of benzene rings is 2. The van der Waals surface area contributed by atoms with Gasteiger partial charge in [-0.25, -0.2) is 8.78 Å². The lowest BCUT2D eigenvalue weighted by atomic mass is 10.2. The van der Waals surface area contributed by atoms with E-state index < -0.39 is 11.6 Å². The summed E-state index contributed by atoms with van der Waals surface area (Å²) in [5.74, 6) is -0.898. The maximum atomic E-state index is 13.5. The molecule has 0 aliphatic rings. The van der Waals surface area contributed by atoms with E-state index in [1.54, 1.807) is 6.07 Å². The van der Waals surface area contributed by atoms with Crippen LogP contribution in [0.1, 0.15) is 5.56 Å². The number of nitrogens with two attached hydrogens (primary N) is 1. The Morgan fingerprint density at radius 3 is 2.56 bits per heavy atom. The van der Waals surface area contributed by atoms with Crippen molar-refractivity contribution >= 4 is 33.4 Å². The van der Waals surface area contributed by atoms with Gasteiger partial charge in [0, 0.05) is 15.1 Å². The fourth-order valence-corrected chi connectivity index (χ4v) is 2.99. The van der Waals surface area contributed by atoms with Gasteiger partial charge in [-0.05, 0) is 58.7 Å². The van der Waals surface area contributed by atoms with Gasteiger partial charge in [-0.1, -0.05) is 11.8 Å². The van der Waals surface area contributed by atoms with Crippen LogP contribution in [0.3, 0.4) is 0 Å². The molecule has 0 heterocycles. The highest BCUT2D eigenvalue weighted by Crippen LogP contribution is 2.37. The van der Waals surface area contributed by atoms with Gasteiger partial charge >= 0.3 is 0 Å². The molecule has 0 fully saturated rings. The van der Waals surface area contributed by atoms with Crippen molar-refractivity contribution in [3.05, 3.63) is 52.0 Å². The Morgan fingerprint density at radius 2 is 1.83 bits per heavy atom. The highest BCUT2D eigenvalue weighted by Gasteiger charge is 2.10. The lowest BCUT2D eigenvalue weighted by molar-refractivity contribution is 0.577. The van der Waals surface area contributed by atoms with Crippen LogP contribution >= 0.6 is 27.7 Å². The Labute approximate surface area is 117 Å². The van der Waals surface area contributed by atoms with E-state index >= 15 is 0 Å². The molecular formula is C13H10BrF2NS. The molecule has 0 unspecified atom stereocenters. The van der Waals surface area contributed by atoms with Gasteiger partial charge < -0.3 is 5.73 Å².